The monoisotopic (exact) mass is 311 g/mol. The van der Waals surface area contributed by atoms with E-state index < -0.39 is 6.10 Å². The summed E-state index contributed by atoms with van der Waals surface area (Å²) in [5.41, 5.74) is 1.78. The van der Waals surface area contributed by atoms with Crippen LogP contribution >= 0.6 is 0 Å². The molecule has 0 heterocycles. The van der Waals surface area contributed by atoms with Crippen LogP contribution in [0.5, 0.6) is 11.5 Å². The summed E-state index contributed by atoms with van der Waals surface area (Å²) >= 11 is 0. The van der Waals surface area contributed by atoms with Crippen LogP contribution in [0.4, 0.5) is 5.69 Å². The van der Waals surface area contributed by atoms with Crippen LogP contribution in [0.3, 0.4) is 0 Å². The summed E-state index contributed by atoms with van der Waals surface area (Å²) in [5, 5.41) is 2.82. The third kappa shape index (κ3) is 5.18. The molecule has 0 aliphatic heterocycles. The third-order valence-corrected chi connectivity index (χ3v) is 3.16. The molecule has 1 atom stereocenters. The van der Waals surface area contributed by atoms with Gasteiger partial charge in [-0.05, 0) is 55.8 Å². The first kappa shape index (κ1) is 16.6. The molecule has 0 radical (unpaired) electrons. The minimum absolute atomic E-state index is 0.203. The van der Waals surface area contributed by atoms with E-state index >= 15 is 0 Å². The summed E-state index contributed by atoms with van der Waals surface area (Å²) in [6, 6.07) is 14.8. The summed E-state index contributed by atoms with van der Waals surface area (Å²) < 4.78 is 11.1. The number of nitrogens with one attached hydrogen (secondary N) is 1. The second-order valence-electron chi connectivity index (χ2n) is 5.19. The van der Waals surface area contributed by atoms with Gasteiger partial charge >= 0.3 is 0 Å². The highest BCUT2D eigenvalue weighted by molar-refractivity contribution is 5.94. The van der Waals surface area contributed by atoms with Crippen LogP contribution in [0.25, 0.3) is 0 Å². The van der Waals surface area contributed by atoms with Crippen LogP contribution < -0.4 is 14.8 Å². The predicted octanol–water partition coefficient (Wildman–Crippen LogP) is 3.97. The number of carbonyl (C=O) groups excluding carboxylic acids is 1. The SMILES string of the molecule is C=CCOc1ccc(NC(=O)C(C)Oc2cccc(C)c2)cc1. The molecule has 0 aliphatic carbocycles. The fraction of sp³-hybridized carbons (Fsp3) is 0.211. The van der Waals surface area contributed by atoms with E-state index in [1.165, 1.54) is 0 Å². The molecule has 0 saturated heterocycles. The van der Waals surface area contributed by atoms with E-state index in [0.717, 1.165) is 11.3 Å². The lowest BCUT2D eigenvalue weighted by Gasteiger charge is -2.15. The second-order valence-corrected chi connectivity index (χ2v) is 5.19. The lowest BCUT2D eigenvalue weighted by atomic mass is 10.2. The number of carbonyl (C=O) groups is 1. The molecule has 23 heavy (non-hydrogen) atoms. The zero-order valence-electron chi connectivity index (χ0n) is 13.4. The Morgan fingerprint density at radius 2 is 1.96 bits per heavy atom. The summed E-state index contributed by atoms with van der Waals surface area (Å²) in [7, 11) is 0. The molecule has 1 unspecified atom stereocenters. The first-order valence-corrected chi connectivity index (χ1v) is 7.46. The van der Waals surface area contributed by atoms with E-state index in [1.807, 2.05) is 31.2 Å². The van der Waals surface area contributed by atoms with Crippen molar-refractivity contribution in [1.82, 2.24) is 0 Å². The van der Waals surface area contributed by atoms with Gasteiger partial charge in [0.25, 0.3) is 5.91 Å². The number of anilines is 1. The molecule has 0 aliphatic rings. The molecule has 2 aromatic carbocycles. The quantitative estimate of drug-likeness (QED) is 0.787. The molecule has 4 nitrogen and oxygen atoms in total. The van der Waals surface area contributed by atoms with Gasteiger partial charge in [0.15, 0.2) is 6.10 Å². The Bertz CT molecular complexity index is 665. The Kier molecular flexibility index (Phi) is 5.80. The Hall–Kier alpha value is -2.75. The molecule has 0 spiro atoms. The van der Waals surface area contributed by atoms with Crippen LogP contribution in [0.2, 0.25) is 0 Å². The Labute approximate surface area is 136 Å². The van der Waals surface area contributed by atoms with Gasteiger partial charge in [-0.25, -0.2) is 0 Å². The fourth-order valence-electron chi connectivity index (χ4n) is 1.98. The Morgan fingerprint density at radius 1 is 1.22 bits per heavy atom. The van der Waals surface area contributed by atoms with E-state index in [1.54, 1.807) is 37.3 Å². The van der Waals surface area contributed by atoms with Crippen LogP contribution in [0.15, 0.2) is 61.2 Å². The number of hydrogen-bond donors (Lipinski definition) is 1. The average molecular weight is 311 g/mol. The number of rotatable bonds is 7. The standard InChI is InChI=1S/C19H21NO3/c1-4-12-22-17-10-8-16(9-11-17)20-19(21)15(3)23-18-7-5-6-14(2)13-18/h4-11,13,15H,1,12H2,2-3H3,(H,20,21). The van der Waals surface area contributed by atoms with Crippen molar-refractivity contribution < 1.29 is 14.3 Å². The number of ether oxygens (including phenoxy) is 2. The number of benzene rings is 2. The average Bonchev–Trinajstić information content (AvgIpc) is 2.54. The van der Waals surface area contributed by atoms with Crippen molar-refractivity contribution in [2.24, 2.45) is 0 Å². The molecule has 2 rings (SSSR count). The number of hydrogen-bond acceptors (Lipinski definition) is 3. The van der Waals surface area contributed by atoms with E-state index in [4.69, 9.17) is 9.47 Å². The van der Waals surface area contributed by atoms with Crippen LogP contribution in [-0.2, 0) is 4.79 Å². The number of amides is 1. The molecule has 4 heteroatoms. The molecule has 1 amide bonds. The van der Waals surface area contributed by atoms with Gasteiger partial charge in [-0.3, -0.25) is 4.79 Å². The maximum absolute atomic E-state index is 12.2. The summed E-state index contributed by atoms with van der Waals surface area (Å²) in [6.07, 6.45) is 1.09. The van der Waals surface area contributed by atoms with Gasteiger partial charge in [0, 0.05) is 5.69 Å². The summed E-state index contributed by atoms with van der Waals surface area (Å²) in [4.78, 5) is 12.2. The molecule has 0 bridgehead atoms. The molecule has 120 valence electrons. The van der Waals surface area contributed by atoms with Crippen LogP contribution in [0, 0.1) is 6.92 Å². The van der Waals surface area contributed by atoms with Crippen molar-refractivity contribution in [2.75, 3.05) is 11.9 Å². The van der Waals surface area contributed by atoms with Gasteiger partial charge in [-0.1, -0.05) is 24.8 Å². The predicted molar refractivity (Wildman–Crippen MR) is 92.0 cm³/mol. The topological polar surface area (TPSA) is 47.6 Å². The van der Waals surface area contributed by atoms with Gasteiger partial charge in [0.1, 0.15) is 18.1 Å². The molecule has 1 N–H and O–H groups in total. The van der Waals surface area contributed by atoms with Crippen molar-refractivity contribution in [3.05, 3.63) is 66.7 Å². The van der Waals surface area contributed by atoms with Gasteiger partial charge in [-0.2, -0.15) is 0 Å². The highest BCUT2D eigenvalue weighted by Gasteiger charge is 2.14. The Balaban J connectivity index is 1.91. The van der Waals surface area contributed by atoms with Gasteiger partial charge < -0.3 is 14.8 Å². The molecular formula is C19H21NO3. The summed E-state index contributed by atoms with van der Waals surface area (Å²) in [6.45, 7) is 7.75. The molecular weight excluding hydrogens is 290 g/mol. The Morgan fingerprint density at radius 3 is 2.61 bits per heavy atom. The highest BCUT2D eigenvalue weighted by Crippen LogP contribution is 2.17. The lowest BCUT2D eigenvalue weighted by Crippen LogP contribution is -2.30. The van der Waals surface area contributed by atoms with Crippen molar-refractivity contribution in [3.8, 4) is 11.5 Å². The van der Waals surface area contributed by atoms with Crippen molar-refractivity contribution in [2.45, 2.75) is 20.0 Å². The van der Waals surface area contributed by atoms with E-state index in [9.17, 15) is 4.79 Å². The van der Waals surface area contributed by atoms with Crippen LogP contribution in [-0.4, -0.2) is 18.6 Å². The highest BCUT2D eigenvalue weighted by atomic mass is 16.5. The molecule has 0 aromatic heterocycles. The molecule has 2 aromatic rings. The van der Waals surface area contributed by atoms with E-state index in [-0.39, 0.29) is 5.91 Å². The number of aryl methyl sites for hydroxylation is 1. The smallest absolute Gasteiger partial charge is 0.265 e. The zero-order chi connectivity index (χ0) is 16.7. The maximum atomic E-state index is 12.2. The van der Waals surface area contributed by atoms with Crippen molar-refractivity contribution in [1.29, 1.82) is 0 Å². The van der Waals surface area contributed by atoms with Crippen molar-refractivity contribution >= 4 is 11.6 Å². The zero-order valence-corrected chi connectivity index (χ0v) is 13.4. The first-order chi connectivity index (χ1) is 11.1. The van der Waals surface area contributed by atoms with Gasteiger partial charge in [0.05, 0.1) is 0 Å². The normalized spacial score (nSPS) is 11.4. The molecule has 0 fully saturated rings. The van der Waals surface area contributed by atoms with Gasteiger partial charge in [-0.15, -0.1) is 0 Å². The van der Waals surface area contributed by atoms with E-state index in [0.29, 0.717) is 18.0 Å². The third-order valence-electron chi connectivity index (χ3n) is 3.16. The van der Waals surface area contributed by atoms with E-state index in [2.05, 4.69) is 11.9 Å². The second kappa shape index (κ2) is 8.03. The molecule has 0 saturated carbocycles. The largest absolute Gasteiger partial charge is 0.490 e. The van der Waals surface area contributed by atoms with Crippen molar-refractivity contribution in [3.63, 3.8) is 0 Å². The van der Waals surface area contributed by atoms with Crippen LogP contribution in [0.1, 0.15) is 12.5 Å². The van der Waals surface area contributed by atoms with Gasteiger partial charge in [0.2, 0.25) is 0 Å². The first-order valence-electron chi connectivity index (χ1n) is 7.46. The minimum atomic E-state index is -0.589. The maximum Gasteiger partial charge on any atom is 0.265 e. The lowest BCUT2D eigenvalue weighted by molar-refractivity contribution is -0.122. The minimum Gasteiger partial charge on any atom is -0.490 e. The fourth-order valence-corrected chi connectivity index (χ4v) is 1.98. The summed E-state index contributed by atoms with van der Waals surface area (Å²) in [5.74, 6) is 1.21.